The van der Waals surface area contributed by atoms with Gasteiger partial charge in [0, 0.05) is 13.1 Å². The van der Waals surface area contributed by atoms with Gasteiger partial charge >= 0.3 is 0 Å². The molecule has 0 atom stereocenters. The first-order chi connectivity index (χ1) is 9.01. The zero-order chi connectivity index (χ0) is 14.3. The van der Waals surface area contributed by atoms with E-state index < -0.39 is 10.0 Å². The van der Waals surface area contributed by atoms with Crippen LogP contribution in [0, 0.1) is 6.92 Å². The first kappa shape index (κ1) is 16.1. The molecule has 0 fully saturated rings. The SMILES string of the molecule is CCCCCCNS(=O)(=O)c1ccc(CN)cc1C. The summed E-state index contributed by atoms with van der Waals surface area (Å²) >= 11 is 0. The molecule has 0 saturated heterocycles. The van der Waals surface area contributed by atoms with E-state index in [9.17, 15) is 8.42 Å². The van der Waals surface area contributed by atoms with Crippen LogP contribution in [-0.2, 0) is 16.6 Å². The molecule has 0 amide bonds. The highest BCUT2D eigenvalue weighted by Gasteiger charge is 2.15. The van der Waals surface area contributed by atoms with E-state index in [0.717, 1.165) is 36.8 Å². The number of hydrogen-bond donors (Lipinski definition) is 2. The van der Waals surface area contributed by atoms with Crippen LogP contribution in [0.25, 0.3) is 0 Å². The Kier molecular flexibility index (Phi) is 6.48. The maximum absolute atomic E-state index is 12.1. The van der Waals surface area contributed by atoms with Gasteiger partial charge in [0.25, 0.3) is 0 Å². The minimum Gasteiger partial charge on any atom is -0.326 e. The number of benzene rings is 1. The van der Waals surface area contributed by atoms with Crippen LogP contribution >= 0.6 is 0 Å². The van der Waals surface area contributed by atoms with Gasteiger partial charge in [-0.25, -0.2) is 13.1 Å². The zero-order valence-corrected chi connectivity index (χ0v) is 12.6. The van der Waals surface area contributed by atoms with E-state index in [1.165, 1.54) is 0 Å². The maximum Gasteiger partial charge on any atom is 0.240 e. The normalized spacial score (nSPS) is 11.7. The molecule has 19 heavy (non-hydrogen) atoms. The van der Waals surface area contributed by atoms with E-state index in [2.05, 4.69) is 11.6 Å². The quantitative estimate of drug-likeness (QED) is 0.720. The summed E-state index contributed by atoms with van der Waals surface area (Å²) in [6.07, 6.45) is 4.23. The van der Waals surface area contributed by atoms with Crippen LogP contribution in [0.5, 0.6) is 0 Å². The Labute approximate surface area is 116 Å². The maximum atomic E-state index is 12.1. The molecule has 1 aromatic rings. The second kappa shape index (κ2) is 7.62. The molecule has 0 saturated carbocycles. The number of aryl methyl sites for hydroxylation is 1. The van der Waals surface area contributed by atoms with E-state index in [4.69, 9.17) is 5.73 Å². The molecule has 0 aliphatic carbocycles. The van der Waals surface area contributed by atoms with Crippen LogP contribution in [0.2, 0.25) is 0 Å². The van der Waals surface area contributed by atoms with Gasteiger partial charge in [0.05, 0.1) is 4.90 Å². The van der Waals surface area contributed by atoms with Crippen LogP contribution in [0.1, 0.15) is 43.7 Å². The second-order valence-electron chi connectivity index (χ2n) is 4.76. The molecule has 108 valence electrons. The second-order valence-corrected chi connectivity index (χ2v) is 6.50. The van der Waals surface area contributed by atoms with Crippen molar-refractivity contribution in [1.82, 2.24) is 4.72 Å². The Hall–Kier alpha value is -0.910. The molecule has 0 aliphatic rings. The van der Waals surface area contributed by atoms with Crippen LogP contribution in [0.4, 0.5) is 0 Å². The van der Waals surface area contributed by atoms with Gasteiger partial charge in [-0.2, -0.15) is 0 Å². The Morgan fingerprint density at radius 1 is 1.21 bits per heavy atom. The number of rotatable bonds is 8. The Morgan fingerprint density at radius 3 is 2.53 bits per heavy atom. The van der Waals surface area contributed by atoms with E-state index >= 15 is 0 Å². The van der Waals surface area contributed by atoms with Crippen molar-refractivity contribution in [2.45, 2.75) is 51.0 Å². The monoisotopic (exact) mass is 284 g/mol. The fourth-order valence-electron chi connectivity index (χ4n) is 1.98. The van der Waals surface area contributed by atoms with Gasteiger partial charge in [0.1, 0.15) is 0 Å². The lowest BCUT2D eigenvalue weighted by Crippen LogP contribution is -2.25. The van der Waals surface area contributed by atoms with Gasteiger partial charge in [-0.3, -0.25) is 0 Å². The Bertz CT molecular complexity index is 498. The summed E-state index contributed by atoms with van der Waals surface area (Å²) < 4.78 is 26.9. The summed E-state index contributed by atoms with van der Waals surface area (Å²) in [5.74, 6) is 0. The van der Waals surface area contributed by atoms with Gasteiger partial charge in [-0.1, -0.05) is 38.3 Å². The highest BCUT2D eigenvalue weighted by atomic mass is 32.2. The lowest BCUT2D eigenvalue weighted by molar-refractivity contribution is 0.573. The van der Waals surface area contributed by atoms with Crippen molar-refractivity contribution in [3.8, 4) is 0 Å². The molecule has 0 unspecified atom stereocenters. The van der Waals surface area contributed by atoms with Crippen molar-refractivity contribution >= 4 is 10.0 Å². The third-order valence-electron chi connectivity index (χ3n) is 3.09. The fourth-order valence-corrected chi connectivity index (χ4v) is 3.27. The highest BCUT2D eigenvalue weighted by molar-refractivity contribution is 7.89. The molecule has 3 N–H and O–H groups in total. The standard InChI is InChI=1S/C14H24N2O2S/c1-3-4-5-6-9-16-19(17,18)14-8-7-13(11-15)10-12(14)2/h7-8,10,16H,3-6,9,11,15H2,1-2H3. The summed E-state index contributed by atoms with van der Waals surface area (Å²) in [4.78, 5) is 0.347. The van der Waals surface area contributed by atoms with Crippen LogP contribution < -0.4 is 10.5 Å². The van der Waals surface area contributed by atoms with E-state index in [1.54, 1.807) is 19.1 Å². The summed E-state index contributed by atoms with van der Waals surface area (Å²) in [6.45, 7) is 4.85. The fraction of sp³-hybridized carbons (Fsp3) is 0.571. The average Bonchev–Trinajstić information content (AvgIpc) is 2.37. The van der Waals surface area contributed by atoms with Gasteiger partial charge < -0.3 is 5.73 Å². The average molecular weight is 284 g/mol. The predicted molar refractivity (Wildman–Crippen MR) is 78.4 cm³/mol. The number of nitrogens with one attached hydrogen (secondary N) is 1. The highest BCUT2D eigenvalue weighted by Crippen LogP contribution is 2.16. The first-order valence-corrected chi connectivity index (χ1v) is 8.29. The summed E-state index contributed by atoms with van der Waals surface area (Å²) in [5.41, 5.74) is 7.22. The molecule has 1 aromatic carbocycles. The van der Waals surface area contributed by atoms with Crippen molar-refractivity contribution in [1.29, 1.82) is 0 Å². The van der Waals surface area contributed by atoms with Gasteiger partial charge in [-0.15, -0.1) is 0 Å². The Morgan fingerprint density at radius 2 is 1.95 bits per heavy atom. The molecule has 4 nitrogen and oxygen atoms in total. The molecule has 0 spiro atoms. The lowest BCUT2D eigenvalue weighted by atomic mass is 10.1. The van der Waals surface area contributed by atoms with Crippen molar-refractivity contribution in [2.24, 2.45) is 5.73 Å². The molecule has 0 heterocycles. The summed E-state index contributed by atoms with van der Waals surface area (Å²) in [7, 11) is -3.39. The Balaban J connectivity index is 2.67. The topological polar surface area (TPSA) is 72.2 Å². The van der Waals surface area contributed by atoms with Crippen molar-refractivity contribution in [2.75, 3.05) is 6.54 Å². The van der Waals surface area contributed by atoms with Crippen LogP contribution in [0.3, 0.4) is 0 Å². The van der Waals surface area contributed by atoms with E-state index in [-0.39, 0.29) is 0 Å². The zero-order valence-electron chi connectivity index (χ0n) is 11.8. The third-order valence-corrected chi connectivity index (χ3v) is 4.71. The predicted octanol–water partition coefficient (Wildman–Crippen LogP) is 2.31. The first-order valence-electron chi connectivity index (χ1n) is 6.80. The minimum absolute atomic E-state index is 0.347. The number of nitrogens with two attached hydrogens (primary N) is 1. The smallest absolute Gasteiger partial charge is 0.240 e. The molecule has 0 bridgehead atoms. The van der Waals surface area contributed by atoms with E-state index in [1.807, 2.05) is 6.07 Å². The molecular formula is C14H24N2O2S. The van der Waals surface area contributed by atoms with E-state index in [0.29, 0.717) is 18.0 Å². The molecule has 0 aliphatic heterocycles. The number of sulfonamides is 1. The van der Waals surface area contributed by atoms with Gasteiger partial charge in [-0.05, 0) is 30.5 Å². The van der Waals surface area contributed by atoms with Gasteiger partial charge in [0.15, 0.2) is 0 Å². The third kappa shape index (κ3) is 4.93. The van der Waals surface area contributed by atoms with Gasteiger partial charge in [0.2, 0.25) is 10.0 Å². The minimum atomic E-state index is -3.39. The lowest BCUT2D eigenvalue weighted by Gasteiger charge is -2.10. The van der Waals surface area contributed by atoms with Crippen molar-refractivity contribution in [3.05, 3.63) is 29.3 Å². The summed E-state index contributed by atoms with van der Waals surface area (Å²) in [5, 5.41) is 0. The summed E-state index contributed by atoms with van der Waals surface area (Å²) in [6, 6.07) is 5.22. The molecule has 0 aromatic heterocycles. The largest absolute Gasteiger partial charge is 0.326 e. The van der Waals surface area contributed by atoms with Crippen molar-refractivity contribution < 1.29 is 8.42 Å². The molecule has 1 rings (SSSR count). The van der Waals surface area contributed by atoms with Crippen molar-refractivity contribution in [3.63, 3.8) is 0 Å². The molecule has 5 heteroatoms. The van der Waals surface area contributed by atoms with Crippen LogP contribution in [-0.4, -0.2) is 15.0 Å². The molecule has 0 radical (unpaired) electrons. The molecular weight excluding hydrogens is 260 g/mol. The van der Waals surface area contributed by atoms with Crippen LogP contribution in [0.15, 0.2) is 23.1 Å². The number of unbranched alkanes of at least 4 members (excludes halogenated alkanes) is 3. The number of hydrogen-bond acceptors (Lipinski definition) is 3.